The minimum atomic E-state index is 0.805. The molecular formula is C15H20N2O2. The van der Waals surface area contributed by atoms with Gasteiger partial charge in [-0.25, -0.2) is 5.01 Å². The number of furan rings is 1. The van der Waals surface area contributed by atoms with E-state index in [1.807, 2.05) is 12.1 Å². The molecule has 0 saturated carbocycles. The van der Waals surface area contributed by atoms with Crippen molar-refractivity contribution in [2.24, 2.45) is 0 Å². The van der Waals surface area contributed by atoms with E-state index in [1.165, 1.54) is 10.9 Å². The third kappa shape index (κ3) is 2.66. The molecule has 1 saturated heterocycles. The molecule has 1 aromatic heterocycles. The van der Waals surface area contributed by atoms with Crippen molar-refractivity contribution in [3.05, 3.63) is 35.6 Å². The molecule has 0 amide bonds. The molecule has 2 aromatic rings. The van der Waals surface area contributed by atoms with Gasteiger partial charge >= 0.3 is 0 Å². The smallest absolute Gasteiger partial charge is 0.134 e. The minimum absolute atomic E-state index is 0.805. The number of para-hydroxylation sites is 1. The van der Waals surface area contributed by atoms with E-state index >= 15 is 0 Å². The Labute approximate surface area is 113 Å². The number of fused-ring (bicyclic) bond motifs is 1. The highest BCUT2D eigenvalue weighted by Gasteiger charge is 2.14. The van der Waals surface area contributed by atoms with Crippen molar-refractivity contribution in [3.8, 4) is 0 Å². The van der Waals surface area contributed by atoms with Gasteiger partial charge in [0.05, 0.1) is 13.2 Å². The topological polar surface area (TPSA) is 37.6 Å². The molecule has 1 aromatic carbocycles. The number of rotatable bonds is 4. The second-order valence-corrected chi connectivity index (χ2v) is 4.79. The van der Waals surface area contributed by atoms with E-state index in [-0.39, 0.29) is 0 Å². The quantitative estimate of drug-likeness (QED) is 0.915. The van der Waals surface area contributed by atoms with Gasteiger partial charge in [0.25, 0.3) is 0 Å². The van der Waals surface area contributed by atoms with Gasteiger partial charge in [-0.3, -0.25) is 5.43 Å². The number of aryl methyl sites for hydroxylation is 1. The Morgan fingerprint density at radius 2 is 2.00 bits per heavy atom. The second kappa shape index (κ2) is 5.74. The van der Waals surface area contributed by atoms with Crippen molar-refractivity contribution in [1.29, 1.82) is 0 Å². The average molecular weight is 260 g/mol. The summed E-state index contributed by atoms with van der Waals surface area (Å²) < 4.78 is 11.3. The van der Waals surface area contributed by atoms with Crippen LogP contribution < -0.4 is 5.43 Å². The first-order valence-electron chi connectivity index (χ1n) is 6.94. The molecule has 3 rings (SSSR count). The molecule has 4 heteroatoms. The Bertz CT molecular complexity index is 544. The number of hydrazine groups is 1. The van der Waals surface area contributed by atoms with Crippen LogP contribution in [0.1, 0.15) is 18.2 Å². The number of hydrogen-bond donors (Lipinski definition) is 1. The van der Waals surface area contributed by atoms with Gasteiger partial charge in [0.1, 0.15) is 11.3 Å². The number of nitrogens with one attached hydrogen (secondary N) is 1. The summed E-state index contributed by atoms with van der Waals surface area (Å²) in [5.41, 5.74) is 5.75. The predicted molar refractivity (Wildman–Crippen MR) is 74.8 cm³/mol. The van der Waals surface area contributed by atoms with Crippen molar-refractivity contribution < 1.29 is 9.15 Å². The predicted octanol–water partition coefficient (Wildman–Crippen LogP) is 2.33. The molecular weight excluding hydrogens is 240 g/mol. The fourth-order valence-electron chi connectivity index (χ4n) is 2.54. The van der Waals surface area contributed by atoms with Crippen molar-refractivity contribution >= 4 is 11.0 Å². The molecule has 19 heavy (non-hydrogen) atoms. The Morgan fingerprint density at radius 3 is 2.79 bits per heavy atom. The van der Waals surface area contributed by atoms with Crippen molar-refractivity contribution in [3.63, 3.8) is 0 Å². The lowest BCUT2D eigenvalue weighted by molar-refractivity contribution is 0.0105. The van der Waals surface area contributed by atoms with E-state index in [4.69, 9.17) is 9.15 Å². The highest BCUT2D eigenvalue weighted by molar-refractivity contribution is 5.82. The van der Waals surface area contributed by atoms with Gasteiger partial charge in [-0.1, -0.05) is 25.1 Å². The van der Waals surface area contributed by atoms with Crippen molar-refractivity contribution in [2.45, 2.75) is 19.9 Å². The standard InChI is InChI=1S/C15H20N2O2/c1-2-14-13(11-16-17-7-9-18-10-8-17)12-5-3-4-6-15(12)19-14/h3-6,16H,2,7-11H2,1H3. The number of morpholine rings is 1. The third-order valence-corrected chi connectivity index (χ3v) is 3.59. The Hall–Kier alpha value is -1.36. The highest BCUT2D eigenvalue weighted by Crippen LogP contribution is 2.26. The van der Waals surface area contributed by atoms with Crippen LogP contribution in [0, 0.1) is 0 Å². The van der Waals surface area contributed by atoms with Crippen LogP contribution in [0.2, 0.25) is 0 Å². The Kier molecular flexibility index (Phi) is 3.82. The minimum Gasteiger partial charge on any atom is -0.461 e. The molecule has 0 atom stereocenters. The van der Waals surface area contributed by atoms with Gasteiger partial charge < -0.3 is 9.15 Å². The fourth-order valence-corrected chi connectivity index (χ4v) is 2.54. The molecule has 0 bridgehead atoms. The summed E-state index contributed by atoms with van der Waals surface area (Å²) >= 11 is 0. The Morgan fingerprint density at radius 1 is 1.21 bits per heavy atom. The van der Waals surface area contributed by atoms with Gasteiger partial charge in [0.2, 0.25) is 0 Å². The fraction of sp³-hybridized carbons (Fsp3) is 0.467. The zero-order chi connectivity index (χ0) is 13.1. The molecule has 1 fully saturated rings. The van der Waals surface area contributed by atoms with E-state index in [9.17, 15) is 0 Å². The lowest BCUT2D eigenvalue weighted by Crippen LogP contribution is -2.45. The van der Waals surface area contributed by atoms with Gasteiger partial charge in [0, 0.05) is 37.0 Å². The molecule has 1 aliphatic rings. The molecule has 0 unspecified atom stereocenters. The van der Waals surface area contributed by atoms with E-state index in [2.05, 4.69) is 29.5 Å². The maximum atomic E-state index is 5.91. The number of hydrogen-bond acceptors (Lipinski definition) is 4. The average Bonchev–Trinajstić information content (AvgIpc) is 2.84. The van der Waals surface area contributed by atoms with Crippen LogP contribution in [-0.2, 0) is 17.7 Å². The number of nitrogens with zero attached hydrogens (tertiary/aromatic N) is 1. The van der Waals surface area contributed by atoms with E-state index in [1.54, 1.807) is 0 Å². The molecule has 1 N–H and O–H groups in total. The van der Waals surface area contributed by atoms with Crippen LogP contribution in [-0.4, -0.2) is 31.3 Å². The first kappa shape index (κ1) is 12.7. The number of ether oxygens (including phenoxy) is 1. The van der Waals surface area contributed by atoms with E-state index < -0.39 is 0 Å². The van der Waals surface area contributed by atoms with Gasteiger partial charge in [-0.2, -0.15) is 0 Å². The SMILES string of the molecule is CCc1oc2ccccc2c1CNN1CCOCC1. The largest absolute Gasteiger partial charge is 0.461 e. The third-order valence-electron chi connectivity index (χ3n) is 3.59. The van der Waals surface area contributed by atoms with Crippen molar-refractivity contribution in [1.82, 2.24) is 10.4 Å². The molecule has 0 spiro atoms. The zero-order valence-corrected chi connectivity index (χ0v) is 11.3. The maximum absolute atomic E-state index is 5.91. The second-order valence-electron chi connectivity index (χ2n) is 4.79. The highest BCUT2D eigenvalue weighted by atomic mass is 16.5. The molecule has 0 aliphatic carbocycles. The van der Waals surface area contributed by atoms with Crippen molar-refractivity contribution in [2.75, 3.05) is 26.3 Å². The normalized spacial score (nSPS) is 17.1. The van der Waals surface area contributed by atoms with Crippen LogP contribution in [0.4, 0.5) is 0 Å². The Balaban J connectivity index is 1.78. The number of benzene rings is 1. The molecule has 0 radical (unpaired) electrons. The lowest BCUT2D eigenvalue weighted by atomic mass is 10.1. The van der Waals surface area contributed by atoms with Crippen LogP contribution >= 0.6 is 0 Å². The van der Waals surface area contributed by atoms with Gasteiger partial charge in [-0.15, -0.1) is 0 Å². The summed E-state index contributed by atoms with van der Waals surface area (Å²) in [7, 11) is 0. The lowest BCUT2D eigenvalue weighted by Gasteiger charge is -2.27. The maximum Gasteiger partial charge on any atom is 0.134 e. The van der Waals surface area contributed by atoms with Gasteiger partial charge in [-0.05, 0) is 6.07 Å². The molecule has 4 nitrogen and oxygen atoms in total. The van der Waals surface area contributed by atoms with Crippen LogP contribution in [0.3, 0.4) is 0 Å². The summed E-state index contributed by atoms with van der Waals surface area (Å²) in [6, 6.07) is 8.25. The van der Waals surface area contributed by atoms with Crippen LogP contribution in [0.5, 0.6) is 0 Å². The van der Waals surface area contributed by atoms with Crippen LogP contribution in [0.25, 0.3) is 11.0 Å². The first-order valence-corrected chi connectivity index (χ1v) is 6.94. The molecule has 1 aliphatic heterocycles. The van der Waals surface area contributed by atoms with Gasteiger partial charge in [0.15, 0.2) is 0 Å². The summed E-state index contributed by atoms with van der Waals surface area (Å²) in [5.74, 6) is 1.09. The van der Waals surface area contributed by atoms with E-state index in [0.29, 0.717) is 0 Å². The molecule has 2 heterocycles. The summed E-state index contributed by atoms with van der Waals surface area (Å²) in [5, 5.41) is 3.45. The zero-order valence-electron chi connectivity index (χ0n) is 11.3. The summed E-state index contributed by atoms with van der Waals surface area (Å²) in [4.78, 5) is 0. The monoisotopic (exact) mass is 260 g/mol. The molecule has 102 valence electrons. The summed E-state index contributed by atoms with van der Waals surface area (Å²) in [6.07, 6.45) is 0.925. The van der Waals surface area contributed by atoms with E-state index in [0.717, 1.165) is 50.6 Å². The summed E-state index contributed by atoms with van der Waals surface area (Å²) in [6.45, 7) is 6.45. The first-order chi connectivity index (χ1) is 9.38. The van der Waals surface area contributed by atoms with Crippen LogP contribution in [0.15, 0.2) is 28.7 Å².